The highest BCUT2D eigenvalue weighted by Gasteiger charge is 2.34. The molecule has 10 nitrogen and oxygen atoms in total. The fourth-order valence-electron chi connectivity index (χ4n) is 6.68. The lowest BCUT2D eigenvalue weighted by Gasteiger charge is -2.27. The Morgan fingerprint density at radius 1 is 1.08 bits per heavy atom. The van der Waals surface area contributed by atoms with Crippen LogP contribution in [0.5, 0.6) is 0 Å². The summed E-state index contributed by atoms with van der Waals surface area (Å²) in [6.07, 6.45) is 6.20. The Labute approximate surface area is 306 Å². The number of hydrogen-bond donors (Lipinski definition) is 0. The minimum absolute atomic E-state index is 0.165. The summed E-state index contributed by atoms with van der Waals surface area (Å²) in [5.74, 6) is 1.51. The molecular weight excluding hydrogens is 682 g/mol. The van der Waals surface area contributed by atoms with E-state index in [1.165, 1.54) is 16.0 Å². The van der Waals surface area contributed by atoms with Crippen LogP contribution in [-0.4, -0.2) is 61.8 Å². The molecule has 3 aromatic heterocycles. The van der Waals surface area contributed by atoms with E-state index in [1.54, 1.807) is 23.7 Å². The lowest BCUT2D eigenvalue weighted by Crippen LogP contribution is -2.30. The predicted octanol–water partition coefficient (Wildman–Crippen LogP) is 7.66. The first-order chi connectivity index (χ1) is 24.9. The lowest BCUT2D eigenvalue weighted by molar-refractivity contribution is -0.143. The molecule has 2 aliphatic heterocycles. The van der Waals surface area contributed by atoms with Gasteiger partial charge in [0.1, 0.15) is 29.2 Å². The van der Waals surface area contributed by atoms with Crippen LogP contribution in [0.3, 0.4) is 0 Å². The van der Waals surface area contributed by atoms with E-state index in [9.17, 15) is 4.79 Å². The van der Waals surface area contributed by atoms with E-state index in [2.05, 4.69) is 67.1 Å². The van der Waals surface area contributed by atoms with Crippen LogP contribution in [0, 0.1) is 6.92 Å². The van der Waals surface area contributed by atoms with Gasteiger partial charge in [0, 0.05) is 70.6 Å². The van der Waals surface area contributed by atoms with Crippen LogP contribution in [0.1, 0.15) is 89.1 Å². The molecule has 0 amide bonds. The van der Waals surface area contributed by atoms with E-state index in [-0.39, 0.29) is 12.0 Å². The Kier molecular flexibility index (Phi) is 10.7. The van der Waals surface area contributed by atoms with E-state index in [0.29, 0.717) is 37.5 Å². The number of thiophene rings is 1. The van der Waals surface area contributed by atoms with Gasteiger partial charge in [-0.1, -0.05) is 53.2 Å². The second-order valence-corrected chi connectivity index (χ2v) is 14.2. The number of nitrogens with zero attached hydrogens (tertiary/aromatic N) is 7. The molecule has 0 fully saturated rings. The van der Waals surface area contributed by atoms with Gasteiger partial charge >= 0.3 is 5.97 Å². The average molecular weight is 722 g/mol. The quantitative estimate of drug-likeness (QED) is 0.0564. The molecule has 7 rings (SSSR count). The molecule has 2 aliphatic rings. The normalized spacial score (nSPS) is 15.7. The van der Waals surface area contributed by atoms with Crippen LogP contribution in [0.15, 0.2) is 83.2 Å². The van der Waals surface area contributed by atoms with Crippen molar-refractivity contribution >= 4 is 40.3 Å². The molecule has 0 saturated carbocycles. The zero-order valence-corrected chi connectivity index (χ0v) is 30.6. The lowest BCUT2D eigenvalue weighted by atomic mass is 9.95. The number of carbonyl (C=O) groups is 1. The number of hydrogen-bond acceptors (Lipinski definition) is 10. The van der Waals surface area contributed by atoms with Gasteiger partial charge in [-0.15, -0.1) is 21.5 Å². The molecule has 1 atom stereocenters. The summed E-state index contributed by atoms with van der Waals surface area (Å²) in [5.41, 5.74) is 8.08. The molecule has 12 heteroatoms. The first kappa shape index (κ1) is 34.7. The number of unbranched alkanes of at least 4 members (excludes halogenated alkanes) is 1. The van der Waals surface area contributed by atoms with Crippen LogP contribution < -0.4 is 0 Å². The van der Waals surface area contributed by atoms with Gasteiger partial charge in [-0.05, 0) is 75.4 Å². The van der Waals surface area contributed by atoms with Gasteiger partial charge in [0.15, 0.2) is 5.82 Å². The molecule has 0 N–H and O–H groups in total. The second kappa shape index (κ2) is 15.7. The van der Waals surface area contributed by atoms with Crippen molar-refractivity contribution in [2.75, 3.05) is 19.8 Å². The van der Waals surface area contributed by atoms with Gasteiger partial charge in [0.05, 0.1) is 12.3 Å². The number of benzene rings is 2. The highest BCUT2D eigenvalue weighted by Crippen LogP contribution is 2.42. The SMILES string of the molecule is CCOC(=O)CCCCO/N=C(/c1cccnc1)c1cccc(CN2CCc3c(sc4c3C(c3ccccc3Cl)=NC(C)c3nnc(C)n3-4)C2)c1. The number of ether oxygens (including phenoxy) is 1. The van der Waals surface area contributed by atoms with Crippen molar-refractivity contribution < 1.29 is 14.4 Å². The third-order valence-corrected chi connectivity index (χ3v) is 10.6. The summed E-state index contributed by atoms with van der Waals surface area (Å²) in [6.45, 7) is 9.19. The van der Waals surface area contributed by atoms with E-state index < -0.39 is 0 Å². The Balaban J connectivity index is 1.12. The molecule has 262 valence electrons. The molecule has 0 aliphatic carbocycles. The number of fused-ring (bicyclic) bond motifs is 5. The highest BCUT2D eigenvalue weighted by molar-refractivity contribution is 7.15. The fourth-order valence-corrected chi connectivity index (χ4v) is 8.35. The fraction of sp³-hybridized carbons (Fsp3) is 0.333. The van der Waals surface area contributed by atoms with Crippen molar-refractivity contribution in [3.8, 4) is 5.00 Å². The van der Waals surface area contributed by atoms with E-state index in [1.807, 2.05) is 44.2 Å². The van der Waals surface area contributed by atoms with E-state index in [4.69, 9.17) is 26.2 Å². The third kappa shape index (κ3) is 7.51. The summed E-state index contributed by atoms with van der Waals surface area (Å²) >= 11 is 8.60. The number of esters is 1. The summed E-state index contributed by atoms with van der Waals surface area (Å²) in [5, 5.41) is 15.3. The topological polar surface area (TPSA) is 107 Å². The Hall–Kier alpha value is -4.71. The number of aromatic nitrogens is 4. The van der Waals surface area contributed by atoms with Crippen molar-refractivity contribution in [3.05, 3.63) is 128 Å². The van der Waals surface area contributed by atoms with Crippen molar-refractivity contribution in [2.24, 2.45) is 10.1 Å². The minimum Gasteiger partial charge on any atom is -0.466 e. The van der Waals surface area contributed by atoms with Crippen LogP contribution >= 0.6 is 22.9 Å². The molecule has 2 aromatic carbocycles. The molecule has 1 unspecified atom stereocenters. The Morgan fingerprint density at radius 2 is 1.94 bits per heavy atom. The first-order valence-electron chi connectivity index (χ1n) is 17.4. The first-order valence-corrected chi connectivity index (χ1v) is 18.6. The minimum atomic E-state index is -0.182. The van der Waals surface area contributed by atoms with Crippen LogP contribution in [0.4, 0.5) is 0 Å². The van der Waals surface area contributed by atoms with Crippen LogP contribution in [-0.2, 0) is 33.9 Å². The molecule has 51 heavy (non-hydrogen) atoms. The van der Waals surface area contributed by atoms with Crippen LogP contribution in [0.25, 0.3) is 5.00 Å². The maximum Gasteiger partial charge on any atom is 0.305 e. The second-order valence-electron chi connectivity index (χ2n) is 12.7. The summed E-state index contributed by atoms with van der Waals surface area (Å²) in [4.78, 5) is 30.8. The van der Waals surface area contributed by atoms with Gasteiger partial charge in [0.2, 0.25) is 0 Å². The average Bonchev–Trinajstić information content (AvgIpc) is 3.67. The molecule has 0 radical (unpaired) electrons. The summed E-state index contributed by atoms with van der Waals surface area (Å²) in [7, 11) is 0. The smallest absolute Gasteiger partial charge is 0.305 e. The molecule has 0 saturated heterocycles. The predicted molar refractivity (Wildman–Crippen MR) is 200 cm³/mol. The van der Waals surface area contributed by atoms with Gasteiger partial charge in [-0.25, -0.2) is 0 Å². The highest BCUT2D eigenvalue weighted by atomic mass is 35.5. The van der Waals surface area contributed by atoms with Gasteiger partial charge < -0.3 is 9.57 Å². The number of pyridine rings is 1. The Morgan fingerprint density at radius 3 is 2.76 bits per heavy atom. The molecule has 0 spiro atoms. The Bertz CT molecular complexity index is 2090. The number of aryl methyl sites for hydroxylation is 1. The standard InChI is InChI=1S/C39H40ClN7O3S/c1-4-49-34(48)16-7-8-20-50-45-36(29-13-10-18-41-22-29)28-12-9-11-27(21-28)23-46-19-17-31-33(24-46)51-39-35(31)37(30-14-5-6-15-32(30)40)42-25(2)38-44-43-26(3)47(38)39/h5-6,9-15,18,21-22,25H,4,7-8,16-17,19-20,23-24H2,1-3H3/b45-36+. The van der Waals surface area contributed by atoms with Gasteiger partial charge in [-0.3, -0.25) is 24.2 Å². The molecule has 0 bridgehead atoms. The summed E-state index contributed by atoms with van der Waals surface area (Å²) in [6, 6.07) is 20.2. The van der Waals surface area contributed by atoms with E-state index in [0.717, 1.165) is 76.4 Å². The number of oxime groups is 1. The number of aliphatic imine (C=N–C) groups is 1. The maximum absolute atomic E-state index is 11.7. The number of halogens is 1. The van der Waals surface area contributed by atoms with Gasteiger partial charge in [0.25, 0.3) is 0 Å². The molecule has 5 aromatic rings. The monoisotopic (exact) mass is 721 g/mol. The number of rotatable bonds is 12. The van der Waals surface area contributed by atoms with E-state index >= 15 is 0 Å². The number of carbonyl (C=O) groups excluding carboxylic acids is 1. The van der Waals surface area contributed by atoms with Crippen molar-refractivity contribution in [1.29, 1.82) is 0 Å². The largest absolute Gasteiger partial charge is 0.466 e. The zero-order valence-electron chi connectivity index (χ0n) is 29.0. The van der Waals surface area contributed by atoms with Crippen LogP contribution in [0.2, 0.25) is 5.02 Å². The molecule has 5 heterocycles. The van der Waals surface area contributed by atoms with Crippen molar-refractivity contribution in [3.63, 3.8) is 0 Å². The van der Waals surface area contributed by atoms with Gasteiger partial charge in [-0.2, -0.15) is 0 Å². The van der Waals surface area contributed by atoms with Crippen molar-refractivity contribution in [1.82, 2.24) is 24.6 Å². The maximum atomic E-state index is 11.7. The van der Waals surface area contributed by atoms with Crippen molar-refractivity contribution in [2.45, 2.75) is 65.6 Å². The zero-order chi connectivity index (χ0) is 35.3. The third-order valence-electron chi connectivity index (χ3n) is 9.10. The summed E-state index contributed by atoms with van der Waals surface area (Å²) < 4.78 is 7.21. The molecular formula is C39H40ClN7O3S.